The summed E-state index contributed by atoms with van der Waals surface area (Å²) in [4.78, 5) is 20.3. The van der Waals surface area contributed by atoms with E-state index in [9.17, 15) is 4.79 Å². The minimum Gasteiger partial charge on any atom is -0.441 e. The second kappa shape index (κ2) is 9.77. The van der Waals surface area contributed by atoms with Crippen molar-refractivity contribution in [1.29, 1.82) is 0 Å². The van der Waals surface area contributed by atoms with Gasteiger partial charge in [0.05, 0.1) is 5.56 Å². The van der Waals surface area contributed by atoms with E-state index in [1.807, 2.05) is 25.1 Å². The fraction of sp³-hybridized carbons (Fsp3) is 0.406. The fourth-order valence-corrected chi connectivity index (χ4v) is 6.25. The zero-order valence-electron chi connectivity index (χ0n) is 22.1. The fourth-order valence-electron chi connectivity index (χ4n) is 6.25. The largest absolute Gasteiger partial charge is 0.441 e. The average molecular weight is 496 g/mol. The van der Waals surface area contributed by atoms with Gasteiger partial charge in [-0.2, -0.15) is 0 Å². The number of cyclic esters (lactones) is 1. The maximum atomic E-state index is 13.4. The van der Waals surface area contributed by atoms with E-state index in [-0.39, 0.29) is 5.97 Å². The van der Waals surface area contributed by atoms with Gasteiger partial charge in [0.1, 0.15) is 0 Å². The van der Waals surface area contributed by atoms with Crippen LogP contribution in [0.15, 0.2) is 66.7 Å². The van der Waals surface area contributed by atoms with E-state index in [2.05, 4.69) is 70.5 Å². The number of hydrogen-bond acceptors (Lipinski definition) is 5. The highest BCUT2D eigenvalue weighted by Crippen LogP contribution is 2.48. The number of nitrogens with zero attached hydrogens (tertiary/aromatic N) is 3. The first-order chi connectivity index (χ1) is 18.1. The molecule has 0 aromatic heterocycles. The van der Waals surface area contributed by atoms with Crippen LogP contribution in [0.1, 0.15) is 65.6 Å². The molecule has 2 saturated heterocycles. The number of rotatable bonds is 5. The third kappa shape index (κ3) is 4.24. The third-order valence-electron chi connectivity index (χ3n) is 8.35. The van der Waals surface area contributed by atoms with E-state index >= 15 is 0 Å². The Kier molecular flexibility index (Phi) is 6.31. The molecule has 0 spiro atoms. The molecule has 0 atom stereocenters. The van der Waals surface area contributed by atoms with Crippen LogP contribution in [0.3, 0.4) is 0 Å². The molecule has 3 aliphatic heterocycles. The van der Waals surface area contributed by atoms with Crippen LogP contribution in [0.5, 0.6) is 0 Å². The Balaban J connectivity index is 1.44. The van der Waals surface area contributed by atoms with Crippen molar-refractivity contribution in [3.63, 3.8) is 0 Å². The van der Waals surface area contributed by atoms with E-state index < -0.39 is 5.60 Å². The number of anilines is 3. The lowest BCUT2D eigenvalue weighted by Gasteiger charge is -2.33. The van der Waals surface area contributed by atoms with Crippen LogP contribution < -0.4 is 14.7 Å². The van der Waals surface area contributed by atoms with Crippen molar-refractivity contribution in [2.24, 2.45) is 0 Å². The second-order valence-corrected chi connectivity index (χ2v) is 10.9. The molecule has 0 saturated carbocycles. The van der Waals surface area contributed by atoms with E-state index in [1.165, 1.54) is 49.9 Å². The number of benzene rings is 3. The highest BCUT2D eigenvalue weighted by Gasteiger charge is 2.48. The van der Waals surface area contributed by atoms with Gasteiger partial charge in [0.25, 0.3) is 0 Å². The van der Waals surface area contributed by atoms with Crippen molar-refractivity contribution < 1.29 is 9.53 Å². The standard InChI is InChI=1S/C32H37N3O2/c1-33(2)28-17-18-30-29(23-28)31(36)37-32(30,24-9-13-26(14-10-24)34-19-5-3-6-20-34)25-11-15-27(16-12-25)35-21-7-4-8-22-35/h9-18,23H,3-8,19-22H2,1-2H3. The Bertz CT molecular complexity index is 1190. The summed E-state index contributed by atoms with van der Waals surface area (Å²) in [7, 11) is 3.99. The molecule has 192 valence electrons. The van der Waals surface area contributed by atoms with Crippen LogP contribution in [0.4, 0.5) is 17.1 Å². The van der Waals surface area contributed by atoms with Crippen LogP contribution >= 0.6 is 0 Å². The molecule has 0 N–H and O–H groups in total. The summed E-state index contributed by atoms with van der Waals surface area (Å²) in [5.41, 5.74) is 6.06. The Hall–Kier alpha value is -3.47. The first kappa shape index (κ1) is 23.9. The molecular weight excluding hydrogens is 458 g/mol. The van der Waals surface area contributed by atoms with Gasteiger partial charge in [0.15, 0.2) is 5.60 Å². The lowest BCUT2D eigenvalue weighted by molar-refractivity contribution is 0.0251. The van der Waals surface area contributed by atoms with Crippen molar-refractivity contribution in [3.8, 4) is 0 Å². The zero-order chi connectivity index (χ0) is 25.4. The molecule has 3 heterocycles. The molecule has 5 nitrogen and oxygen atoms in total. The molecule has 0 radical (unpaired) electrons. The predicted molar refractivity (Wildman–Crippen MR) is 151 cm³/mol. The summed E-state index contributed by atoms with van der Waals surface area (Å²) >= 11 is 0. The Morgan fingerprint density at radius 3 is 1.62 bits per heavy atom. The Morgan fingerprint density at radius 1 is 0.676 bits per heavy atom. The van der Waals surface area contributed by atoms with Crippen LogP contribution in [0.25, 0.3) is 0 Å². The number of carbonyl (C=O) groups excluding carboxylic acids is 1. The summed E-state index contributed by atoms with van der Waals surface area (Å²) < 4.78 is 6.41. The summed E-state index contributed by atoms with van der Waals surface area (Å²) in [5, 5.41) is 0. The lowest BCUT2D eigenvalue weighted by Crippen LogP contribution is -2.31. The SMILES string of the molecule is CN(C)c1ccc2c(c1)C(=O)OC2(c1ccc(N2CCCCC2)cc1)c1ccc(N2CCCCC2)cc1. The van der Waals surface area contributed by atoms with Gasteiger partial charge in [-0.3, -0.25) is 0 Å². The molecular formula is C32H37N3O2. The average Bonchev–Trinajstić information content (AvgIpc) is 3.26. The van der Waals surface area contributed by atoms with E-state index in [0.717, 1.165) is 48.6 Å². The molecule has 3 aromatic rings. The number of hydrogen-bond donors (Lipinski definition) is 0. The molecule has 6 rings (SSSR count). The highest BCUT2D eigenvalue weighted by molar-refractivity contribution is 5.97. The first-order valence-corrected chi connectivity index (χ1v) is 13.8. The predicted octanol–water partition coefficient (Wildman–Crippen LogP) is 6.20. The number of carbonyl (C=O) groups is 1. The number of fused-ring (bicyclic) bond motifs is 1. The molecule has 37 heavy (non-hydrogen) atoms. The smallest absolute Gasteiger partial charge is 0.340 e. The maximum Gasteiger partial charge on any atom is 0.340 e. The van der Waals surface area contributed by atoms with Gasteiger partial charge < -0.3 is 19.4 Å². The minimum atomic E-state index is -0.960. The van der Waals surface area contributed by atoms with Crippen molar-refractivity contribution in [2.75, 3.05) is 55.0 Å². The van der Waals surface area contributed by atoms with Gasteiger partial charge >= 0.3 is 5.97 Å². The van der Waals surface area contributed by atoms with Crippen LogP contribution in [-0.4, -0.2) is 46.2 Å². The number of piperidine rings is 2. The molecule has 0 amide bonds. The maximum absolute atomic E-state index is 13.4. The van der Waals surface area contributed by atoms with E-state index in [4.69, 9.17) is 4.74 Å². The molecule has 0 bridgehead atoms. The van der Waals surface area contributed by atoms with Gasteiger partial charge in [0, 0.05) is 74.0 Å². The molecule has 2 fully saturated rings. The molecule has 5 heteroatoms. The van der Waals surface area contributed by atoms with E-state index in [1.54, 1.807) is 0 Å². The second-order valence-electron chi connectivity index (χ2n) is 10.9. The van der Waals surface area contributed by atoms with E-state index in [0.29, 0.717) is 5.56 Å². The lowest BCUT2D eigenvalue weighted by atomic mass is 9.79. The van der Waals surface area contributed by atoms with Crippen molar-refractivity contribution >= 4 is 23.0 Å². The monoisotopic (exact) mass is 495 g/mol. The van der Waals surface area contributed by atoms with Crippen LogP contribution in [0.2, 0.25) is 0 Å². The van der Waals surface area contributed by atoms with Gasteiger partial charge in [-0.05, 0) is 74.9 Å². The summed E-state index contributed by atoms with van der Waals surface area (Å²) in [6.45, 7) is 4.42. The Morgan fingerprint density at radius 2 is 1.16 bits per heavy atom. The molecule has 0 unspecified atom stereocenters. The van der Waals surface area contributed by atoms with Crippen molar-refractivity contribution in [3.05, 3.63) is 89.0 Å². The van der Waals surface area contributed by atoms with Crippen LogP contribution in [-0.2, 0) is 10.3 Å². The quantitative estimate of drug-likeness (QED) is 0.394. The van der Waals surface area contributed by atoms with Gasteiger partial charge in [-0.1, -0.05) is 30.3 Å². The third-order valence-corrected chi connectivity index (χ3v) is 8.35. The zero-order valence-corrected chi connectivity index (χ0v) is 22.1. The van der Waals surface area contributed by atoms with Crippen molar-refractivity contribution in [1.82, 2.24) is 0 Å². The number of ether oxygens (including phenoxy) is 1. The Labute approximate surface area is 220 Å². The summed E-state index contributed by atoms with van der Waals surface area (Å²) in [6, 6.07) is 23.5. The summed E-state index contributed by atoms with van der Waals surface area (Å²) in [6.07, 6.45) is 7.60. The molecule has 3 aromatic carbocycles. The molecule has 3 aliphatic rings. The molecule has 0 aliphatic carbocycles. The topological polar surface area (TPSA) is 36.0 Å². The van der Waals surface area contributed by atoms with Gasteiger partial charge in [-0.25, -0.2) is 4.79 Å². The van der Waals surface area contributed by atoms with Crippen LogP contribution in [0, 0.1) is 0 Å². The summed E-state index contributed by atoms with van der Waals surface area (Å²) in [5.74, 6) is -0.265. The van der Waals surface area contributed by atoms with Crippen molar-refractivity contribution in [2.45, 2.75) is 44.1 Å². The first-order valence-electron chi connectivity index (χ1n) is 13.8. The number of esters is 1. The van der Waals surface area contributed by atoms with Gasteiger partial charge in [-0.15, -0.1) is 0 Å². The normalized spacial score (nSPS) is 18.9. The highest BCUT2D eigenvalue weighted by atomic mass is 16.6. The minimum absolute atomic E-state index is 0.265. The van der Waals surface area contributed by atoms with Gasteiger partial charge in [0.2, 0.25) is 0 Å².